The molecule has 1 fully saturated rings. The summed E-state index contributed by atoms with van der Waals surface area (Å²) < 4.78 is 40.7. The van der Waals surface area contributed by atoms with Crippen LogP contribution in [-0.2, 0) is 24.1 Å². The van der Waals surface area contributed by atoms with E-state index in [9.17, 15) is 23.1 Å². The molecule has 0 radical (unpaired) electrons. The summed E-state index contributed by atoms with van der Waals surface area (Å²) in [6, 6.07) is 5.43. The van der Waals surface area contributed by atoms with Crippen molar-refractivity contribution in [3.05, 3.63) is 41.1 Å². The lowest BCUT2D eigenvalue weighted by Gasteiger charge is -2.28. The van der Waals surface area contributed by atoms with E-state index in [1.165, 1.54) is 0 Å². The Morgan fingerprint density at radius 1 is 1.17 bits per heavy atom. The summed E-state index contributed by atoms with van der Waals surface area (Å²) in [7, 11) is 0. The minimum absolute atomic E-state index is 0.0220. The minimum Gasteiger partial charge on any atom is -0.390 e. The maximum atomic E-state index is 13.6. The zero-order valence-corrected chi connectivity index (χ0v) is 19.8. The molecular formula is C24H31F3N6O2. The molecule has 1 amide bonds. The number of alkyl halides is 3. The van der Waals surface area contributed by atoms with Gasteiger partial charge in [-0.05, 0) is 62.8 Å². The highest BCUT2D eigenvalue weighted by atomic mass is 19.4. The predicted octanol–water partition coefficient (Wildman–Crippen LogP) is 3.92. The van der Waals surface area contributed by atoms with Gasteiger partial charge in [0.15, 0.2) is 0 Å². The number of carbonyl (C=O) groups is 1. The standard InChI is InChI=1S/C24H31F3N6O2/c1-23(2,35)10-20(34)33-12-14-3-6-18(9-15(14)13-33)31-22-29-11-19(24(25,26)27)21(32-22)30-17-7-4-16(28)5-8-17/h3,6,9,11,16-17,35H,4-5,7-8,10,12-13,28H2,1-2H3,(H2,29,30,31,32). The van der Waals surface area contributed by atoms with E-state index in [1.807, 2.05) is 12.1 Å². The molecule has 190 valence electrons. The number of amides is 1. The van der Waals surface area contributed by atoms with Crippen molar-refractivity contribution in [2.45, 2.75) is 82.9 Å². The molecule has 5 N–H and O–H groups in total. The van der Waals surface area contributed by atoms with Crippen LogP contribution < -0.4 is 16.4 Å². The Balaban J connectivity index is 1.49. The number of halogens is 3. The molecule has 8 nitrogen and oxygen atoms in total. The number of carbonyl (C=O) groups excluding carboxylic acids is 1. The maximum absolute atomic E-state index is 13.6. The molecule has 2 aliphatic rings. The van der Waals surface area contributed by atoms with Gasteiger partial charge in [0, 0.05) is 37.1 Å². The summed E-state index contributed by atoms with van der Waals surface area (Å²) in [5.74, 6) is -0.352. The maximum Gasteiger partial charge on any atom is 0.421 e. The number of fused-ring (bicyclic) bond motifs is 1. The van der Waals surface area contributed by atoms with Crippen molar-refractivity contribution in [2.24, 2.45) is 5.73 Å². The first-order valence-corrected chi connectivity index (χ1v) is 11.7. The summed E-state index contributed by atoms with van der Waals surface area (Å²) in [5.41, 5.74) is 6.42. The average Bonchev–Trinajstić information content (AvgIpc) is 3.17. The van der Waals surface area contributed by atoms with Crippen LogP contribution in [0.15, 0.2) is 24.4 Å². The predicted molar refractivity (Wildman–Crippen MR) is 126 cm³/mol. The molecule has 0 spiro atoms. The van der Waals surface area contributed by atoms with Crippen molar-refractivity contribution < 1.29 is 23.1 Å². The number of aliphatic hydroxyl groups is 1. The Bertz CT molecular complexity index is 1080. The molecule has 1 aromatic carbocycles. The van der Waals surface area contributed by atoms with E-state index in [0.717, 1.165) is 30.2 Å². The summed E-state index contributed by atoms with van der Waals surface area (Å²) in [4.78, 5) is 22.2. The zero-order chi connectivity index (χ0) is 25.4. The van der Waals surface area contributed by atoms with Crippen molar-refractivity contribution in [3.63, 3.8) is 0 Å². The van der Waals surface area contributed by atoms with E-state index < -0.39 is 17.3 Å². The van der Waals surface area contributed by atoms with Gasteiger partial charge in [-0.25, -0.2) is 4.98 Å². The number of nitrogens with one attached hydrogen (secondary N) is 2. The summed E-state index contributed by atoms with van der Waals surface area (Å²) >= 11 is 0. The molecule has 11 heteroatoms. The molecule has 0 unspecified atom stereocenters. The molecular weight excluding hydrogens is 461 g/mol. The first kappa shape index (κ1) is 25.2. The van der Waals surface area contributed by atoms with Crippen molar-refractivity contribution >= 4 is 23.4 Å². The monoisotopic (exact) mass is 492 g/mol. The van der Waals surface area contributed by atoms with Gasteiger partial charge < -0.3 is 26.4 Å². The summed E-state index contributed by atoms with van der Waals surface area (Å²) in [6.07, 6.45) is -0.916. The van der Waals surface area contributed by atoms with Crippen LogP contribution >= 0.6 is 0 Å². The quantitative estimate of drug-likeness (QED) is 0.483. The second-order valence-corrected chi connectivity index (χ2v) is 10.1. The SMILES string of the molecule is CC(C)(O)CC(=O)N1Cc2ccc(Nc3ncc(C(F)(F)F)c(NC4CCC(N)CC4)n3)cc2C1. The van der Waals surface area contributed by atoms with Crippen LogP contribution in [0.4, 0.5) is 30.6 Å². The number of anilines is 3. The molecule has 1 aliphatic carbocycles. The second kappa shape index (κ2) is 9.62. The number of rotatable bonds is 6. The zero-order valence-electron chi connectivity index (χ0n) is 19.8. The highest BCUT2D eigenvalue weighted by Crippen LogP contribution is 2.35. The molecule has 0 bridgehead atoms. The Kier molecular flexibility index (Phi) is 6.92. The van der Waals surface area contributed by atoms with Gasteiger partial charge in [0.2, 0.25) is 11.9 Å². The average molecular weight is 493 g/mol. The van der Waals surface area contributed by atoms with Crippen molar-refractivity contribution in [1.29, 1.82) is 0 Å². The lowest BCUT2D eigenvalue weighted by molar-refractivity contribution is -0.137. The van der Waals surface area contributed by atoms with Crippen molar-refractivity contribution in [3.8, 4) is 0 Å². The molecule has 2 aromatic rings. The number of aromatic nitrogens is 2. The number of benzene rings is 1. The van der Waals surface area contributed by atoms with Gasteiger partial charge >= 0.3 is 6.18 Å². The fourth-order valence-corrected chi connectivity index (χ4v) is 4.48. The van der Waals surface area contributed by atoms with Gasteiger partial charge in [-0.1, -0.05) is 6.07 Å². The van der Waals surface area contributed by atoms with Crippen LogP contribution in [0.25, 0.3) is 0 Å². The highest BCUT2D eigenvalue weighted by molar-refractivity contribution is 5.78. The molecule has 0 atom stereocenters. The third-order valence-corrected chi connectivity index (χ3v) is 6.33. The Labute approximate surface area is 202 Å². The van der Waals surface area contributed by atoms with Crippen LogP contribution in [-0.4, -0.2) is 43.6 Å². The number of hydrogen-bond donors (Lipinski definition) is 4. The molecule has 1 saturated carbocycles. The largest absolute Gasteiger partial charge is 0.421 e. The summed E-state index contributed by atoms with van der Waals surface area (Å²) in [6.45, 7) is 4.02. The smallest absolute Gasteiger partial charge is 0.390 e. The van der Waals surface area contributed by atoms with E-state index >= 15 is 0 Å². The normalized spacial score (nSPS) is 20.5. The number of nitrogens with two attached hydrogens (primary N) is 1. The first-order valence-electron chi connectivity index (χ1n) is 11.7. The van der Waals surface area contributed by atoms with Crippen molar-refractivity contribution in [2.75, 3.05) is 10.6 Å². The van der Waals surface area contributed by atoms with Crippen LogP contribution in [0.2, 0.25) is 0 Å². The number of hydrogen-bond acceptors (Lipinski definition) is 7. The third kappa shape index (κ3) is 6.40. The van der Waals surface area contributed by atoms with Crippen LogP contribution in [0.1, 0.15) is 62.6 Å². The van der Waals surface area contributed by atoms with Gasteiger partial charge in [-0.3, -0.25) is 4.79 Å². The second-order valence-electron chi connectivity index (χ2n) is 10.1. The molecule has 35 heavy (non-hydrogen) atoms. The molecule has 4 rings (SSSR count). The van der Waals surface area contributed by atoms with E-state index in [0.29, 0.717) is 31.6 Å². The van der Waals surface area contributed by atoms with Gasteiger partial charge in [-0.2, -0.15) is 18.2 Å². The molecule has 0 saturated heterocycles. The Morgan fingerprint density at radius 2 is 1.86 bits per heavy atom. The molecule has 1 aromatic heterocycles. The Hall–Kier alpha value is -2.92. The fourth-order valence-electron chi connectivity index (χ4n) is 4.48. The molecule has 1 aliphatic heterocycles. The topological polar surface area (TPSA) is 116 Å². The van der Waals surface area contributed by atoms with Crippen LogP contribution in [0, 0.1) is 0 Å². The van der Waals surface area contributed by atoms with Crippen LogP contribution in [0.3, 0.4) is 0 Å². The van der Waals surface area contributed by atoms with Gasteiger partial charge in [0.1, 0.15) is 11.4 Å². The van der Waals surface area contributed by atoms with Gasteiger partial charge in [-0.15, -0.1) is 0 Å². The molecule has 2 heterocycles. The van der Waals surface area contributed by atoms with Gasteiger partial charge in [0.25, 0.3) is 0 Å². The Morgan fingerprint density at radius 3 is 2.51 bits per heavy atom. The van der Waals surface area contributed by atoms with E-state index in [1.54, 1.807) is 24.8 Å². The first-order chi connectivity index (χ1) is 16.4. The van der Waals surface area contributed by atoms with E-state index in [2.05, 4.69) is 20.6 Å². The summed E-state index contributed by atoms with van der Waals surface area (Å²) in [5, 5.41) is 15.9. The van der Waals surface area contributed by atoms with Crippen LogP contribution in [0.5, 0.6) is 0 Å². The highest BCUT2D eigenvalue weighted by Gasteiger charge is 2.36. The van der Waals surface area contributed by atoms with E-state index in [4.69, 9.17) is 5.73 Å². The lowest BCUT2D eigenvalue weighted by atomic mass is 9.92. The minimum atomic E-state index is -4.58. The van der Waals surface area contributed by atoms with Crippen molar-refractivity contribution in [1.82, 2.24) is 14.9 Å². The third-order valence-electron chi connectivity index (χ3n) is 6.33. The fraction of sp³-hybridized carbons (Fsp3) is 0.542. The van der Waals surface area contributed by atoms with Gasteiger partial charge in [0.05, 0.1) is 12.0 Å². The number of nitrogens with zero attached hydrogens (tertiary/aromatic N) is 3. The lowest BCUT2D eigenvalue weighted by Crippen LogP contribution is -2.33. The van der Waals surface area contributed by atoms with E-state index in [-0.39, 0.29) is 36.2 Å².